The normalized spacial score (nSPS) is 39.9. The van der Waals surface area contributed by atoms with E-state index in [1.807, 2.05) is 6.92 Å². The number of aliphatic hydroxyl groups is 1. The van der Waals surface area contributed by atoms with Crippen LogP contribution in [0.3, 0.4) is 0 Å². The molecule has 0 radical (unpaired) electrons. The van der Waals surface area contributed by atoms with E-state index in [-0.39, 0.29) is 24.4 Å². The van der Waals surface area contributed by atoms with E-state index in [0.29, 0.717) is 25.2 Å². The van der Waals surface area contributed by atoms with Gasteiger partial charge in [0.2, 0.25) is 0 Å². The summed E-state index contributed by atoms with van der Waals surface area (Å²) in [4.78, 5) is 0. The maximum absolute atomic E-state index is 11.6. The van der Waals surface area contributed by atoms with Crippen LogP contribution in [0.1, 0.15) is 32.6 Å². The molecule has 6 heteroatoms. The lowest BCUT2D eigenvalue weighted by atomic mass is 9.97. The summed E-state index contributed by atoms with van der Waals surface area (Å²) >= 11 is 0. The van der Waals surface area contributed by atoms with Gasteiger partial charge in [0.25, 0.3) is 0 Å². The van der Waals surface area contributed by atoms with E-state index in [1.165, 1.54) is 0 Å². The first-order valence-electron chi connectivity index (χ1n) is 6.55. The summed E-state index contributed by atoms with van der Waals surface area (Å²) in [7, 11) is -2.88. The highest BCUT2D eigenvalue weighted by Crippen LogP contribution is 2.34. The molecule has 2 rings (SSSR count). The van der Waals surface area contributed by atoms with Gasteiger partial charge < -0.3 is 14.6 Å². The molecule has 106 valence electrons. The second kappa shape index (κ2) is 5.45. The molecule has 0 amide bonds. The van der Waals surface area contributed by atoms with Crippen molar-refractivity contribution in [1.29, 1.82) is 0 Å². The molecule has 0 aliphatic carbocycles. The van der Waals surface area contributed by atoms with Gasteiger partial charge in [0.05, 0.1) is 24.2 Å². The third-order valence-electron chi connectivity index (χ3n) is 3.66. The van der Waals surface area contributed by atoms with E-state index in [0.717, 1.165) is 12.8 Å². The Morgan fingerprint density at radius 1 is 1.44 bits per heavy atom. The molecule has 0 aromatic heterocycles. The number of sulfone groups is 1. The lowest BCUT2D eigenvalue weighted by molar-refractivity contribution is -0.166. The molecule has 1 N–H and O–H groups in total. The molecule has 2 aliphatic rings. The summed E-state index contributed by atoms with van der Waals surface area (Å²) in [6, 6.07) is 0. The van der Waals surface area contributed by atoms with Crippen molar-refractivity contribution in [1.82, 2.24) is 0 Å². The van der Waals surface area contributed by atoms with Gasteiger partial charge in [0, 0.05) is 13.0 Å². The summed E-state index contributed by atoms with van der Waals surface area (Å²) in [5.74, 6) is 0.00786. The van der Waals surface area contributed by atoms with Crippen LogP contribution in [0.2, 0.25) is 0 Å². The zero-order chi connectivity index (χ0) is 13.2. The zero-order valence-electron chi connectivity index (χ0n) is 10.8. The minimum absolute atomic E-state index is 0.0693. The Balaban J connectivity index is 1.89. The van der Waals surface area contributed by atoms with Crippen molar-refractivity contribution < 1.29 is 23.0 Å². The molecule has 0 saturated carbocycles. The number of ether oxygens (including phenoxy) is 2. The predicted molar refractivity (Wildman–Crippen MR) is 66.9 cm³/mol. The molecule has 2 fully saturated rings. The Morgan fingerprint density at radius 2 is 2.22 bits per heavy atom. The van der Waals surface area contributed by atoms with Crippen LogP contribution in [-0.2, 0) is 19.3 Å². The second-order valence-corrected chi connectivity index (χ2v) is 7.75. The Bertz CT molecular complexity index is 380. The second-order valence-electron chi connectivity index (χ2n) is 5.52. The van der Waals surface area contributed by atoms with Crippen molar-refractivity contribution in [2.45, 2.75) is 44.5 Å². The van der Waals surface area contributed by atoms with E-state index < -0.39 is 15.6 Å². The van der Waals surface area contributed by atoms with Gasteiger partial charge in [-0.2, -0.15) is 0 Å². The molecular formula is C12H22O5S. The van der Waals surface area contributed by atoms with Crippen molar-refractivity contribution >= 4 is 9.84 Å². The van der Waals surface area contributed by atoms with Crippen molar-refractivity contribution in [3.8, 4) is 0 Å². The Labute approximate surface area is 108 Å². The van der Waals surface area contributed by atoms with E-state index in [9.17, 15) is 8.42 Å². The van der Waals surface area contributed by atoms with Gasteiger partial charge in [-0.3, -0.25) is 0 Å². The van der Waals surface area contributed by atoms with Crippen LogP contribution >= 0.6 is 0 Å². The summed E-state index contributed by atoms with van der Waals surface area (Å²) < 4.78 is 34.6. The van der Waals surface area contributed by atoms with Gasteiger partial charge in [-0.15, -0.1) is 0 Å². The lowest BCUT2D eigenvalue weighted by Gasteiger charge is -2.30. The first-order valence-corrected chi connectivity index (χ1v) is 8.38. The minimum atomic E-state index is -2.88. The van der Waals surface area contributed by atoms with Crippen molar-refractivity contribution in [3.05, 3.63) is 0 Å². The third-order valence-corrected chi connectivity index (χ3v) is 5.55. The van der Waals surface area contributed by atoms with Crippen molar-refractivity contribution in [3.63, 3.8) is 0 Å². The largest absolute Gasteiger partial charge is 0.396 e. The van der Waals surface area contributed by atoms with Crippen LogP contribution in [0.25, 0.3) is 0 Å². The Hall–Kier alpha value is -0.170. The average Bonchev–Trinajstić information content (AvgIpc) is 2.59. The molecule has 18 heavy (non-hydrogen) atoms. The van der Waals surface area contributed by atoms with Crippen LogP contribution in [0.5, 0.6) is 0 Å². The maximum Gasteiger partial charge on any atom is 0.166 e. The fourth-order valence-corrected chi connectivity index (χ4v) is 4.66. The fourth-order valence-electron chi connectivity index (χ4n) is 2.89. The predicted octanol–water partition coefficient (Wildman–Crippen LogP) is 0.715. The van der Waals surface area contributed by atoms with Crippen LogP contribution in [0.4, 0.5) is 0 Å². The third kappa shape index (κ3) is 3.66. The zero-order valence-corrected chi connectivity index (χ0v) is 11.6. The summed E-state index contributed by atoms with van der Waals surface area (Å²) in [6.07, 6.45) is 2.78. The quantitative estimate of drug-likeness (QED) is 0.820. The van der Waals surface area contributed by atoms with Crippen LogP contribution in [0.15, 0.2) is 0 Å². The van der Waals surface area contributed by atoms with E-state index >= 15 is 0 Å². The standard InChI is InChI=1S/C12H22O5S/c1-12(16-8-11(17-12)4-5-13)7-10-3-2-6-18(14,15)9-10/h10-11,13H,2-9H2,1H3. The smallest absolute Gasteiger partial charge is 0.166 e. The highest BCUT2D eigenvalue weighted by atomic mass is 32.2. The van der Waals surface area contributed by atoms with Gasteiger partial charge in [0.15, 0.2) is 15.6 Å². The number of hydrogen-bond acceptors (Lipinski definition) is 5. The van der Waals surface area contributed by atoms with Gasteiger partial charge in [-0.05, 0) is 32.1 Å². The maximum atomic E-state index is 11.6. The minimum Gasteiger partial charge on any atom is -0.396 e. The number of rotatable bonds is 4. The molecule has 3 atom stereocenters. The topological polar surface area (TPSA) is 72.8 Å². The SMILES string of the molecule is CC1(CC2CCCS(=O)(=O)C2)OCC(CCO)O1. The average molecular weight is 278 g/mol. The van der Waals surface area contributed by atoms with E-state index in [1.54, 1.807) is 0 Å². The molecule has 3 unspecified atom stereocenters. The van der Waals surface area contributed by atoms with Gasteiger partial charge in [-0.1, -0.05) is 0 Å². The molecule has 2 aliphatic heterocycles. The summed E-state index contributed by atoms with van der Waals surface area (Å²) in [5.41, 5.74) is 0. The van der Waals surface area contributed by atoms with Crippen LogP contribution in [0, 0.1) is 5.92 Å². The molecular weight excluding hydrogens is 256 g/mol. The molecule has 0 bridgehead atoms. The van der Waals surface area contributed by atoms with Gasteiger partial charge in [-0.25, -0.2) is 8.42 Å². The summed E-state index contributed by atoms with van der Waals surface area (Å²) in [6.45, 7) is 2.43. The highest BCUT2D eigenvalue weighted by Gasteiger charge is 2.40. The van der Waals surface area contributed by atoms with Gasteiger partial charge >= 0.3 is 0 Å². The molecule has 2 heterocycles. The highest BCUT2D eigenvalue weighted by molar-refractivity contribution is 7.91. The van der Waals surface area contributed by atoms with Crippen molar-refractivity contribution in [2.75, 3.05) is 24.7 Å². The molecule has 0 aromatic rings. The molecule has 5 nitrogen and oxygen atoms in total. The first kappa shape index (κ1) is 14.2. The van der Waals surface area contributed by atoms with Gasteiger partial charge in [0.1, 0.15) is 0 Å². The van der Waals surface area contributed by atoms with Crippen LogP contribution in [-0.4, -0.2) is 50.1 Å². The number of hydrogen-bond donors (Lipinski definition) is 1. The lowest BCUT2D eigenvalue weighted by Crippen LogP contribution is -2.35. The van der Waals surface area contributed by atoms with E-state index in [4.69, 9.17) is 14.6 Å². The molecule has 0 spiro atoms. The fraction of sp³-hybridized carbons (Fsp3) is 1.00. The van der Waals surface area contributed by atoms with Crippen LogP contribution < -0.4 is 0 Å². The molecule has 2 saturated heterocycles. The first-order chi connectivity index (χ1) is 8.42. The van der Waals surface area contributed by atoms with Crippen molar-refractivity contribution in [2.24, 2.45) is 5.92 Å². The Morgan fingerprint density at radius 3 is 2.89 bits per heavy atom. The van der Waals surface area contributed by atoms with E-state index in [2.05, 4.69) is 0 Å². The Kier molecular flexibility index (Phi) is 4.31. The molecule has 0 aromatic carbocycles. The summed E-state index contributed by atoms with van der Waals surface area (Å²) in [5, 5.41) is 8.87. The monoisotopic (exact) mass is 278 g/mol. The number of aliphatic hydroxyl groups excluding tert-OH is 1.